The number of hydrogen-bond acceptors (Lipinski definition) is 3. The monoisotopic (exact) mass is 370 g/mol. The van der Waals surface area contributed by atoms with Crippen molar-refractivity contribution in [1.29, 1.82) is 0 Å². The summed E-state index contributed by atoms with van der Waals surface area (Å²) in [4.78, 5) is 4.58. The first-order chi connectivity index (χ1) is 11.1. The third-order valence-electron chi connectivity index (χ3n) is 3.92. The van der Waals surface area contributed by atoms with Gasteiger partial charge >= 0.3 is 0 Å². The number of halogens is 1. The maximum atomic E-state index is 9.53. The van der Waals surface area contributed by atoms with Crippen LogP contribution in [-0.2, 0) is 13.0 Å². The first-order valence-electron chi connectivity index (χ1n) is 7.66. The van der Waals surface area contributed by atoms with Gasteiger partial charge < -0.3 is 10.4 Å². The molecule has 4 heteroatoms. The first kappa shape index (κ1) is 16.0. The van der Waals surface area contributed by atoms with E-state index in [4.69, 9.17) is 0 Å². The molecule has 0 saturated heterocycles. The van der Waals surface area contributed by atoms with E-state index in [2.05, 4.69) is 56.6 Å². The van der Waals surface area contributed by atoms with Gasteiger partial charge in [0.05, 0.1) is 5.52 Å². The van der Waals surface area contributed by atoms with Gasteiger partial charge in [-0.05, 0) is 61.3 Å². The van der Waals surface area contributed by atoms with Gasteiger partial charge in [-0.25, -0.2) is 0 Å². The Morgan fingerprint density at radius 3 is 2.65 bits per heavy atom. The number of nitrogens with zero attached hydrogens (tertiary/aromatic N) is 1. The minimum absolute atomic E-state index is 0.254. The molecule has 0 amide bonds. The zero-order chi connectivity index (χ0) is 16.2. The van der Waals surface area contributed by atoms with E-state index in [-0.39, 0.29) is 5.75 Å². The molecule has 2 N–H and O–H groups in total. The van der Waals surface area contributed by atoms with Gasteiger partial charge in [0.25, 0.3) is 0 Å². The van der Waals surface area contributed by atoms with E-state index >= 15 is 0 Å². The maximum absolute atomic E-state index is 9.53. The number of aromatic nitrogens is 1. The van der Waals surface area contributed by atoms with Gasteiger partial charge in [-0.3, -0.25) is 4.98 Å². The molecule has 0 unspecified atom stereocenters. The molecule has 0 fully saturated rings. The zero-order valence-corrected chi connectivity index (χ0v) is 14.6. The quantitative estimate of drug-likeness (QED) is 0.656. The Labute approximate surface area is 144 Å². The van der Waals surface area contributed by atoms with Gasteiger partial charge in [0, 0.05) is 28.2 Å². The number of aromatic hydroxyl groups is 1. The van der Waals surface area contributed by atoms with E-state index in [1.54, 1.807) is 12.1 Å². The van der Waals surface area contributed by atoms with Crippen molar-refractivity contribution in [3.8, 4) is 5.75 Å². The van der Waals surface area contributed by atoms with Crippen LogP contribution in [0.5, 0.6) is 5.75 Å². The van der Waals surface area contributed by atoms with Crippen LogP contribution in [0.4, 0.5) is 0 Å². The average molecular weight is 371 g/mol. The maximum Gasteiger partial charge on any atom is 0.117 e. The number of hydrogen-bond donors (Lipinski definition) is 2. The molecule has 3 rings (SSSR count). The molecule has 0 radical (unpaired) electrons. The number of phenols is 1. The fourth-order valence-electron chi connectivity index (χ4n) is 2.58. The second-order valence-corrected chi connectivity index (χ2v) is 6.58. The van der Waals surface area contributed by atoms with Crippen LogP contribution in [0.25, 0.3) is 10.9 Å². The van der Waals surface area contributed by atoms with Gasteiger partial charge in [-0.15, -0.1) is 0 Å². The summed E-state index contributed by atoms with van der Waals surface area (Å²) >= 11 is 3.45. The third-order valence-corrected chi connectivity index (χ3v) is 4.44. The van der Waals surface area contributed by atoms with E-state index in [1.165, 1.54) is 11.1 Å². The highest BCUT2D eigenvalue weighted by molar-refractivity contribution is 9.10. The lowest BCUT2D eigenvalue weighted by molar-refractivity contribution is 0.476. The van der Waals surface area contributed by atoms with E-state index in [0.29, 0.717) is 0 Å². The number of benzene rings is 2. The molecule has 2 aromatic carbocycles. The van der Waals surface area contributed by atoms with Gasteiger partial charge in [0.1, 0.15) is 5.75 Å². The number of aryl methyl sites for hydroxylation is 1. The van der Waals surface area contributed by atoms with E-state index in [1.807, 2.05) is 13.0 Å². The molecule has 0 aliphatic rings. The van der Waals surface area contributed by atoms with Crippen molar-refractivity contribution in [1.82, 2.24) is 10.3 Å². The molecule has 23 heavy (non-hydrogen) atoms. The Bertz CT molecular complexity index is 815. The predicted molar refractivity (Wildman–Crippen MR) is 97.7 cm³/mol. The molecule has 0 bridgehead atoms. The molecule has 118 valence electrons. The number of fused-ring (bicyclic) bond motifs is 1. The number of nitrogens with one attached hydrogen (secondary N) is 1. The summed E-state index contributed by atoms with van der Waals surface area (Å²) in [6.45, 7) is 3.73. The van der Waals surface area contributed by atoms with Gasteiger partial charge in [-0.1, -0.05) is 28.1 Å². The van der Waals surface area contributed by atoms with Crippen LogP contribution in [0, 0.1) is 6.92 Å². The highest BCUT2D eigenvalue weighted by Crippen LogP contribution is 2.21. The van der Waals surface area contributed by atoms with Crippen molar-refractivity contribution >= 4 is 26.8 Å². The standard InChI is InChI=1S/C19H19BrN2O/c1-13-16(10-15-4-7-18(23)11-19(15)22-13)12-21-9-8-14-2-5-17(20)6-3-14/h2-7,10-11,21,23H,8-9,12H2,1H3. The first-order valence-corrected chi connectivity index (χ1v) is 8.45. The lowest BCUT2D eigenvalue weighted by Crippen LogP contribution is -2.17. The third kappa shape index (κ3) is 4.09. The number of rotatable bonds is 5. The van der Waals surface area contributed by atoms with E-state index in [0.717, 1.165) is 40.6 Å². The molecule has 0 saturated carbocycles. The fourth-order valence-corrected chi connectivity index (χ4v) is 2.85. The number of phenolic OH excluding ortho intramolecular Hbond substituents is 1. The van der Waals surface area contributed by atoms with Gasteiger partial charge in [0.15, 0.2) is 0 Å². The van der Waals surface area contributed by atoms with Crippen LogP contribution < -0.4 is 5.32 Å². The lowest BCUT2D eigenvalue weighted by atomic mass is 10.1. The van der Waals surface area contributed by atoms with Crippen molar-refractivity contribution in [3.05, 3.63) is 69.8 Å². The van der Waals surface area contributed by atoms with Crippen molar-refractivity contribution in [3.63, 3.8) is 0 Å². The zero-order valence-electron chi connectivity index (χ0n) is 13.0. The topological polar surface area (TPSA) is 45.2 Å². The van der Waals surface area contributed by atoms with Crippen LogP contribution in [0.1, 0.15) is 16.8 Å². The largest absolute Gasteiger partial charge is 0.508 e. The summed E-state index contributed by atoms with van der Waals surface area (Å²) in [5.41, 5.74) is 4.35. The minimum Gasteiger partial charge on any atom is -0.508 e. The van der Waals surface area contributed by atoms with Crippen molar-refractivity contribution < 1.29 is 5.11 Å². The molecule has 0 aliphatic heterocycles. The highest BCUT2D eigenvalue weighted by Gasteiger charge is 2.04. The molecule has 3 nitrogen and oxygen atoms in total. The molecule has 0 spiro atoms. The summed E-state index contributed by atoms with van der Waals surface area (Å²) in [6, 6.07) is 15.9. The van der Waals surface area contributed by atoms with Gasteiger partial charge in [0.2, 0.25) is 0 Å². The van der Waals surface area contributed by atoms with Crippen molar-refractivity contribution in [2.75, 3.05) is 6.54 Å². The second-order valence-electron chi connectivity index (χ2n) is 5.66. The van der Waals surface area contributed by atoms with Crippen LogP contribution in [0.3, 0.4) is 0 Å². The molecular weight excluding hydrogens is 352 g/mol. The Morgan fingerprint density at radius 2 is 1.87 bits per heavy atom. The number of pyridine rings is 1. The fraction of sp³-hybridized carbons (Fsp3) is 0.211. The summed E-state index contributed by atoms with van der Waals surface area (Å²) in [7, 11) is 0. The molecule has 0 aliphatic carbocycles. The van der Waals surface area contributed by atoms with Crippen molar-refractivity contribution in [2.45, 2.75) is 19.9 Å². The SMILES string of the molecule is Cc1nc2cc(O)ccc2cc1CNCCc1ccc(Br)cc1. The van der Waals surface area contributed by atoms with Crippen LogP contribution in [-0.4, -0.2) is 16.6 Å². The normalized spacial score (nSPS) is 11.0. The minimum atomic E-state index is 0.254. The summed E-state index contributed by atoms with van der Waals surface area (Å²) in [6.07, 6.45) is 1.00. The summed E-state index contributed by atoms with van der Waals surface area (Å²) in [5, 5.41) is 14.1. The summed E-state index contributed by atoms with van der Waals surface area (Å²) in [5.74, 6) is 0.254. The van der Waals surface area contributed by atoms with E-state index < -0.39 is 0 Å². The second kappa shape index (κ2) is 7.11. The molecule has 3 aromatic rings. The smallest absolute Gasteiger partial charge is 0.117 e. The predicted octanol–water partition coefficient (Wildman–Crippen LogP) is 4.34. The lowest BCUT2D eigenvalue weighted by Gasteiger charge is -2.09. The van der Waals surface area contributed by atoms with Crippen LogP contribution in [0.2, 0.25) is 0 Å². The molecule has 1 aromatic heterocycles. The molecule has 0 atom stereocenters. The average Bonchev–Trinajstić information content (AvgIpc) is 2.53. The molecular formula is C19H19BrN2O. The Kier molecular flexibility index (Phi) is 4.94. The Balaban J connectivity index is 1.61. The van der Waals surface area contributed by atoms with Crippen LogP contribution >= 0.6 is 15.9 Å². The molecule has 1 heterocycles. The van der Waals surface area contributed by atoms with E-state index in [9.17, 15) is 5.11 Å². The summed E-state index contributed by atoms with van der Waals surface area (Å²) < 4.78 is 1.11. The van der Waals surface area contributed by atoms with Crippen molar-refractivity contribution in [2.24, 2.45) is 0 Å². The Morgan fingerprint density at radius 1 is 1.09 bits per heavy atom. The highest BCUT2D eigenvalue weighted by atomic mass is 79.9. The van der Waals surface area contributed by atoms with Gasteiger partial charge in [-0.2, -0.15) is 0 Å². The van der Waals surface area contributed by atoms with Crippen LogP contribution in [0.15, 0.2) is 53.0 Å². The Hall–Kier alpha value is -1.91.